The van der Waals surface area contributed by atoms with Crippen LogP contribution < -0.4 is 9.47 Å². The summed E-state index contributed by atoms with van der Waals surface area (Å²) in [5.74, 6) is 1.38. The Balaban J connectivity index is 1.55. The molecule has 1 fully saturated rings. The second kappa shape index (κ2) is 6.83. The molecule has 6 heteroatoms. The standard InChI is InChI=1S/C15H20ClNO4/c16-13-7-11(8-14-15(13)21-10-20-14)9-17-3-1-12(2-4-17)19-6-5-18/h7-8,12,18H,1-6,9-10H2. The summed E-state index contributed by atoms with van der Waals surface area (Å²) in [5.41, 5.74) is 1.14. The minimum Gasteiger partial charge on any atom is -0.454 e. The lowest BCUT2D eigenvalue weighted by atomic mass is 10.1. The van der Waals surface area contributed by atoms with Crippen molar-refractivity contribution in [2.45, 2.75) is 25.5 Å². The minimum atomic E-state index is 0.0932. The molecular formula is C15H20ClNO4. The lowest BCUT2D eigenvalue weighted by Crippen LogP contribution is -2.36. The first-order valence-electron chi connectivity index (χ1n) is 7.29. The number of likely N-dealkylation sites (tertiary alicyclic amines) is 1. The Hall–Kier alpha value is -1.01. The molecule has 2 heterocycles. The Bertz CT molecular complexity index is 489. The molecule has 2 aliphatic heterocycles. The topological polar surface area (TPSA) is 51.2 Å². The van der Waals surface area contributed by atoms with Crippen LogP contribution in [0.25, 0.3) is 0 Å². The van der Waals surface area contributed by atoms with Crippen molar-refractivity contribution >= 4 is 11.6 Å². The number of aliphatic hydroxyl groups is 1. The number of aliphatic hydroxyl groups excluding tert-OH is 1. The van der Waals surface area contributed by atoms with Crippen LogP contribution in [0.15, 0.2) is 12.1 Å². The maximum atomic E-state index is 8.78. The molecule has 0 spiro atoms. The maximum Gasteiger partial charge on any atom is 0.231 e. The van der Waals surface area contributed by atoms with Crippen molar-refractivity contribution in [3.8, 4) is 11.5 Å². The van der Waals surface area contributed by atoms with E-state index in [1.54, 1.807) is 0 Å². The molecule has 0 amide bonds. The molecule has 0 aromatic heterocycles. The van der Waals surface area contributed by atoms with Gasteiger partial charge in [-0.15, -0.1) is 0 Å². The van der Waals surface area contributed by atoms with Gasteiger partial charge in [0.2, 0.25) is 6.79 Å². The van der Waals surface area contributed by atoms with Gasteiger partial charge in [-0.1, -0.05) is 11.6 Å². The van der Waals surface area contributed by atoms with Crippen LogP contribution in [0.4, 0.5) is 0 Å². The summed E-state index contributed by atoms with van der Waals surface area (Å²) in [6.07, 6.45) is 2.27. The highest BCUT2D eigenvalue weighted by atomic mass is 35.5. The van der Waals surface area contributed by atoms with E-state index in [0.717, 1.165) is 43.8 Å². The van der Waals surface area contributed by atoms with Crippen molar-refractivity contribution in [3.05, 3.63) is 22.7 Å². The predicted molar refractivity (Wildman–Crippen MR) is 78.9 cm³/mol. The largest absolute Gasteiger partial charge is 0.454 e. The van der Waals surface area contributed by atoms with Crippen LogP contribution in [0.1, 0.15) is 18.4 Å². The van der Waals surface area contributed by atoms with E-state index >= 15 is 0 Å². The SMILES string of the molecule is OCCOC1CCN(Cc2cc(Cl)c3c(c2)OCO3)CC1. The normalized spacial score (nSPS) is 19.1. The lowest BCUT2D eigenvalue weighted by molar-refractivity contribution is -0.00901. The Morgan fingerprint density at radius 3 is 2.86 bits per heavy atom. The molecule has 0 atom stereocenters. The van der Waals surface area contributed by atoms with Gasteiger partial charge in [0.05, 0.1) is 24.3 Å². The molecule has 0 bridgehead atoms. The maximum absolute atomic E-state index is 8.78. The molecule has 1 saturated heterocycles. The number of hydrogen-bond donors (Lipinski definition) is 1. The van der Waals surface area contributed by atoms with Gasteiger partial charge >= 0.3 is 0 Å². The molecule has 0 saturated carbocycles. The number of rotatable bonds is 5. The van der Waals surface area contributed by atoms with Gasteiger partial charge in [0.1, 0.15) is 0 Å². The zero-order valence-electron chi connectivity index (χ0n) is 11.9. The van der Waals surface area contributed by atoms with Crippen LogP contribution in [0.3, 0.4) is 0 Å². The minimum absolute atomic E-state index is 0.0932. The highest BCUT2D eigenvalue weighted by Gasteiger charge is 2.22. The first-order chi connectivity index (χ1) is 10.3. The van der Waals surface area contributed by atoms with E-state index in [-0.39, 0.29) is 19.5 Å². The molecule has 1 aromatic rings. The molecule has 0 unspecified atom stereocenters. The van der Waals surface area contributed by atoms with Crippen LogP contribution in [-0.2, 0) is 11.3 Å². The second-order valence-electron chi connectivity index (χ2n) is 5.38. The third kappa shape index (κ3) is 3.61. The molecule has 21 heavy (non-hydrogen) atoms. The average molecular weight is 314 g/mol. The van der Waals surface area contributed by atoms with Crippen molar-refractivity contribution in [1.29, 1.82) is 0 Å². The summed E-state index contributed by atoms with van der Waals surface area (Å²) >= 11 is 6.21. The first-order valence-corrected chi connectivity index (χ1v) is 7.67. The molecule has 0 radical (unpaired) electrons. The predicted octanol–water partition coefficient (Wildman–Crippen LogP) is 2.04. The molecular weight excluding hydrogens is 294 g/mol. The van der Waals surface area contributed by atoms with Gasteiger partial charge in [0.15, 0.2) is 11.5 Å². The van der Waals surface area contributed by atoms with Crippen LogP contribution >= 0.6 is 11.6 Å². The van der Waals surface area contributed by atoms with Gasteiger partial charge in [-0.3, -0.25) is 4.90 Å². The third-order valence-corrected chi connectivity index (χ3v) is 4.15. The summed E-state index contributed by atoms with van der Waals surface area (Å²) < 4.78 is 16.3. The van der Waals surface area contributed by atoms with Crippen LogP contribution in [0.2, 0.25) is 5.02 Å². The lowest BCUT2D eigenvalue weighted by Gasteiger charge is -2.31. The molecule has 5 nitrogen and oxygen atoms in total. The Morgan fingerprint density at radius 1 is 1.29 bits per heavy atom. The second-order valence-corrected chi connectivity index (χ2v) is 5.79. The van der Waals surface area contributed by atoms with E-state index in [9.17, 15) is 0 Å². The van der Waals surface area contributed by atoms with Crippen molar-refractivity contribution in [3.63, 3.8) is 0 Å². The Morgan fingerprint density at radius 2 is 2.10 bits per heavy atom. The molecule has 116 valence electrons. The van der Waals surface area contributed by atoms with E-state index in [1.807, 2.05) is 12.1 Å². The van der Waals surface area contributed by atoms with E-state index < -0.39 is 0 Å². The average Bonchev–Trinajstić information content (AvgIpc) is 2.95. The number of nitrogens with zero attached hydrogens (tertiary/aromatic N) is 1. The third-order valence-electron chi connectivity index (χ3n) is 3.87. The number of piperidine rings is 1. The van der Waals surface area contributed by atoms with Crippen molar-refractivity contribution in [2.24, 2.45) is 0 Å². The number of halogens is 1. The number of ether oxygens (including phenoxy) is 3. The monoisotopic (exact) mass is 313 g/mol. The first kappa shape index (κ1) is 14.9. The number of hydrogen-bond acceptors (Lipinski definition) is 5. The van der Waals surface area contributed by atoms with E-state index in [0.29, 0.717) is 17.4 Å². The highest BCUT2D eigenvalue weighted by Crippen LogP contribution is 2.40. The van der Waals surface area contributed by atoms with Crippen molar-refractivity contribution in [2.75, 3.05) is 33.1 Å². The van der Waals surface area contributed by atoms with Crippen molar-refractivity contribution < 1.29 is 19.3 Å². The van der Waals surface area contributed by atoms with Crippen LogP contribution in [0, 0.1) is 0 Å². The van der Waals surface area contributed by atoms with Crippen LogP contribution in [0.5, 0.6) is 11.5 Å². The smallest absolute Gasteiger partial charge is 0.231 e. The summed E-state index contributed by atoms with van der Waals surface area (Å²) in [6, 6.07) is 3.95. The molecule has 0 aliphatic carbocycles. The van der Waals surface area contributed by atoms with E-state index in [4.69, 9.17) is 30.9 Å². The van der Waals surface area contributed by atoms with Gasteiger partial charge in [0.25, 0.3) is 0 Å². The molecule has 2 aliphatic rings. The van der Waals surface area contributed by atoms with Gasteiger partial charge < -0.3 is 19.3 Å². The molecule has 1 N–H and O–H groups in total. The summed E-state index contributed by atoms with van der Waals surface area (Å²) in [6.45, 7) is 3.60. The van der Waals surface area contributed by atoms with Gasteiger partial charge in [-0.2, -0.15) is 0 Å². The number of benzene rings is 1. The zero-order chi connectivity index (χ0) is 14.7. The summed E-state index contributed by atoms with van der Waals surface area (Å²) in [7, 11) is 0. The fourth-order valence-corrected chi connectivity index (χ4v) is 3.11. The van der Waals surface area contributed by atoms with Crippen molar-refractivity contribution in [1.82, 2.24) is 4.90 Å². The fourth-order valence-electron chi connectivity index (χ4n) is 2.82. The molecule has 3 rings (SSSR count). The van der Waals surface area contributed by atoms with Gasteiger partial charge in [-0.05, 0) is 30.5 Å². The fraction of sp³-hybridized carbons (Fsp3) is 0.600. The Kier molecular flexibility index (Phi) is 4.85. The van der Waals surface area contributed by atoms with Gasteiger partial charge in [0, 0.05) is 19.6 Å². The number of fused-ring (bicyclic) bond motifs is 1. The van der Waals surface area contributed by atoms with Crippen LogP contribution in [-0.4, -0.2) is 49.2 Å². The highest BCUT2D eigenvalue weighted by molar-refractivity contribution is 6.32. The van der Waals surface area contributed by atoms with E-state index in [2.05, 4.69) is 4.90 Å². The van der Waals surface area contributed by atoms with Gasteiger partial charge in [-0.25, -0.2) is 0 Å². The van der Waals surface area contributed by atoms with E-state index in [1.165, 1.54) is 0 Å². The quantitative estimate of drug-likeness (QED) is 0.901. The summed E-state index contributed by atoms with van der Waals surface area (Å²) in [4.78, 5) is 2.38. The zero-order valence-corrected chi connectivity index (χ0v) is 12.6. The Labute approximate surface area is 129 Å². The summed E-state index contributed by atoms with van der Waals surface area (Å²) in [5, 5.41) is 9.39. The molecule has 1 aromatic carbocycles.